The van der Waals surface area contributed by atoms with Crippen LogP contribution in [0.25, 0.3) is 11.1 Å². The first-order chi connectivity index (χ1) is 14.6. The highest BCUT2D eigenvalue weighted by Gasteiger charge is 2.28. The summed E-state index contributed by atoms with van der Waals surface area (Å²) >= 11 is 2.41. The Morgan fingerprint density at radius 3 is 2.39 bits per heavy atom. The Hall–Kier alpha value is -3.02. The normalized spacial score (nSPS) is 11.3. The molecule has 0 amide bonds. The van der Waals surface area contributed by atoms with Crippen LogP contribution in [-0.4, -0.2) is 26.5 Å². The minimum absolute atomic E-state index is 0.0529. The monoisotopic (exact) mass is 474 g/mol. The largest absolute Gasteiger partial charge is 0.398 e. The average molecular weight is 475 g/mol. The number of guanidine groups is 1. The molecule has 2 aromatic carbocycles. The molecule has 0 radical (unpaired) electrons. The number of thiophene rings is 1. The van der Waals surface area contributed by atoms with Crippen LogP contribution in [0.4, 0.5) is 11.4 Å². The molecule has 0 unspecified atom stereocenters. The molecule has 0 saturated carbocycles. The van der Waals surface area contributed by atoms with Gasteiger partial charge in [-0.3, -0.25) is 5.41 Å². The molecule has 9 N–H and O–H groups in total. The molecule has 3 aromatic rings. The molecule has 0 spiro atoms. The van der Waals surface area contributed by atoms with Crippen molar-refractivity contribution in [2.45, 2.75) is 20.9 Å². The van der Waals surface area contributed by atoms with E-state index in [2.05, 4.69) is 4.99 Å². The molecule has 0 aliphatic carbocycles. The average Bonchev–Trinajstić information content (AvgIpc) is 3.14. The van der Waals surface area contributed by atoms with Crippen LogP contribution in [0.2, 0.25) is 0 Å². The number of anilines is 1. The van der Waals surface area contributed by atoms with Crippen molar-refractivity contribution in [2.24, 2.45) is 22.2 Å². The number of nitrogens with two attached hydrogens (primary N) is 4. The Kier molecular flexibility index (Phi) is 6.30. The van der Waals surface area contributed by atoms with Crippen LogP contribution in [-0.2, 0) is 9.84 Å². The van der Waals surface area contributed by atoms with Crippen molar-refractivity contribution >= 4 is 56.1 Å². The Morgan fingerprint density at radius 1 is 1.10 bits per heavy atom. The summed E-state index contributed by atoms with van der Waals surface area (Å²) in [6, 6.07) is 11.7. The quantitative estimate of drug-likeness (QED) is 0.158. The van der Waals surface area contributed by atoms with Crippen LogP contribution < -0.4 is 22.9 Å². The summed E-state index contributed by atoms with van der Waals surface area (Å²) in [4.78, 5) is 4.37. The molecule has 8 nitrogen and oxygen atoms in total. The van der Waals surface area contributed by atoms with E-state index in [1.54, 1.807) is 24.5 Å². The molecule has 11 heteroatoms. The molecule has 0 aliphatic heterocycles. The maximum atomic E-state index is 13.7. The number of hydrogen-bond donors (Lipinski definition) is 5. The van der Waals surface area contributed by atoms with Gasteiger partial charge in [0.1, 0.15) is 5.84 Å². The van der Waals surface area contributed by atoms with Crippen molar-refractivity contribution in [1.29, 1.82) is 5.41 Å². The number of thioether (sulfide) groups is 1. The molecule has 1 heterocycles. The third-order valence-corrected chi connectivity index (χ3v) is 8.87. The van der Waals surface area contributed by atoms with Crippen molar-refractivity contribution in [3.63, 3.8) is 0 Å². The number of nitrogens with one attached hydrogen (secondary N) is 1. The van der Waals surface area contributed by atoms with Crippen LogP contribution in [0.15, 0.2) is 61.5 Å². The summed E-state index contributed by atoms with van der Waals surface area (Å²) < 4.78 is 27.9. The highest BCUT2D eigenvalue weighted by Crippen LogP contribution is 2.41. The Balaban J connectivity index is 2.32. The van der Waals surface area contributed by atoms with E-state index in [9.17, 15) is 8.42 Å². The second-order valence-corrected chi connectivity index (χ2v) is 10.7. The predicted molar refractivity (Wildman–Crippen MR) is 129 cm³/mol. The van der Waals surface area contributed by atoms with Crippen molar-refractivity contribution in [1.82, 2.24) is 0 Å². The van der Waals surface area contributed by atoms with Crippen LogP contribution in [0.3, 0.4) is 0 Å². The van der Waals surface area contributed by atoms with Crippen LogP contribution in [0.5, 0.6) is 0 Å². The van der Waals surface area contributed by atoms with Crippen molar-refractivity contribution < 1.29 is 8.42 Å². The standard InChI is InChI=1S/C20H22N6O2S3/c1-10-4-3-5-12(21)17(10)11-6-7-13(26-20(24)25)15(8-11)31(27,28)16-9-14(18(22)23)30-19(16)29-2/h3-9H,21H2,1-2H3,(H3,22,23)(H4,24,25,26). The molecule has 0 bridgehead atoms. The van der Waals surface area contributed by atoms with Crippen molar-refractivity contribution in [3.8, 4) is 11.1 Å². The fourth-order valence-electron chi connectivity index (χ4n) is 3.14. The molecule has 0 fully saturated rings. The van der Waals surface area contributed by atoms with E-state index >= 15 is 0 Å². The summed E-state index contributed by atoms with van der Waals surface area (Å²) in [5.74, 6) is -0.466. The maximum absolute atomic E-state index is 13.7. The molecular formula is C20H22N6O2S3. The van der Waals surface area contributed by atoms with Gasteiger partial charge < -0.3 is 22.9 Å². The smallest absolute Gasteiger partial charge is 0.210 e. The number of sulfone groups is 1. The van der Waals surface area contributed by atoms with E-state index in [-0.39, 0.29) is 27.3 Å². The van der Waals surface area contributed by atoms with Gasteiger partial charge in [-0.1, -0.05) is 18.2 Å². The van der Waals surface area contributed by atoms with E-state index in [1.165, 1.54) is 23.9 Å². The lowest BCUT2D eigenvalue weighted by molar-refractivity contribution is 0.595. The molecule has 1 aromatic heterocycles. The predicted octanol–water partition coefficient (Wildman–Crippen LogP) is 3.05. The summed E-state index contributed by atoms with van der Waals surface area (Å²) in [5.41, 5.74) is 25.7. The van der Waals surface area contributed by atoms with Crippen LogP contribution in [0, 0.1) is 12.3 Å². The van der Waals surface area contributed by atoms with Gasteiger partial charge in [0.15, 0.2) is 5.96 Å². The summed E-state index contributed by atoms with van der Waals surface area (Å²) in [6.07, 6.45) is 1.76. The number of amidine groups is 1. The first-order valence-corrected chi connectivity index (χ1v) is 12.4. The molecule has 0 saturated heterocycles. The second-order valence-electron chi connectivity index (χ2n) is 6.64. The molecule has 31 heavy (non-hydrogen) atoms. The van der Waals surface area contributed by atoms with Gasteiger partial charge in [0.2, 0.25) is 9.84 Å². The first-order valence-electron chi connectivity index (χ1n) is 8.92. The van der Waals surface area contributed by atoms with Gasteiger partial charge in [-0.15, -0.1) is 23.1 Å². The molecule has 162 valence electrons. The highest BCUT2D eigenvalue weighted by molar-refractivity contribution is 8.01. The van der Waals surface area contributed by atoms with Gasteiger partial charge in [-0.25, -0.2) is 13.4 Å². The number of aliphatic imine (C=N–C) groups is 1. The minimum Gasteiger partial charge on any atom is -0.398 e. The second kappa shape index (κ2) is 8.61. The van der Waals surface area contributed by atoms with Gasteiger partial charge in [0.25, 0.3) is 0 Å². The minimum atomic E-state index is -4.05. The zero-order chi connectivity index (χ0) is 22.9. The maximum Gasteiger partial charge on any atom is 0.210 e. The third kappa shape index (κ3) is 4.38. The SMILES string of the molecule is CSc1sc(C(=N)N)cc1S(=O)(=O)c1cc(-c2c(C)cccc2N)ccc1N=C(N)N. The van der Waals surface area contributed by atoms with Gasteiger partial charge >= 0.3 is 0 Å². The number of rotatable bonds is 6. The number of aryl methyl sites for hydroxylation is 1. The Morgan fingerprint density at radius 2 is 1.81 bits per heavy atom. The Bertz CT molecular complexity index is 1290. The molecular weight excluding hydrogens is 452 g/mol. The van der Waals surface area contributed by atoms with E-state index in [0.29, 0.717) is 20.3 Å². The van der Waals surface area contributed by atoms with E-state index < -0.39 is 9.84 Å². The topological polar surface area (TPSA) is 174 Å². The summed E-state index contributed by atoms with van der Waals surface area (Å²) in [6.45, 7) is 1.90. The lowest BCUT2D eigenvalue weighted by Gasteiger charge is -2.14. The molecule has 3 rings (SSSR count). The van der Waals surface area contributed by atoms with E-state index in [4.69, 9.17) is 28.3 Å². The van der Waals surface area contributed by atoms with Crippen molar-refractivity contribution in [3.05, 3.63) is 52.9 Å². The van der Waals surface area contributed by atoms with E-state index in [0.717, 1.165) is 22.5 Å². The lowest BCUT2D eigenvalue weighted by Crippen LogP contribution is -2.22. The lowest BCUT2D eigenvalue weighted by atomic mass is 9.98. The zero-order valence-corrected chi connectivity index (χ0v) is 19.3. The third-order valence-electron chi connectivity index (χ3n) is 4.50. The van der Waals surface area contributed by atoms with Crippen LogP contribution in [0.1, 0.15) is 10.4 Å². The van der Waals surface area contributed by atoms with Gasteiger partial charge in [0, 0.05) is 11.3 Å². The fraction of sp³-hybridized carbons (Fsp3) is 0.100. The molecule has 0 aliphatic rings. The summed E-state index contributed by atoms with van der Waals surface area (Å²) in [7, 11) is -4.05. The number of hydrogen-bond acceptors (Lipinski definition) is 7. The van der Waals surface area contributed by atoms with E-state index in [1.807, 2.05) is 19.1 Å². The number of nitrogens with zero attached hydrogens (tertiary/aromatic N) is 1. The van der Waals surface area contributed by atoms with Crippen molar-refractivity contribution in [2.75, 3.05) is 12.0 Å². The van der Waals surface area contributed by atoms with Gasteiger partial charge in [0.05, 0.1) is 24.6 Å². The molecule has 0 atom stereocenters. The first kappa shape index (κ1) is 22.7. The van der Waals surface area contributed by atoms with Gasteiger partial charge in [-0.2, -0.15) is 0 Å². The number of benzene rings is 2. The highest BCUT2D eigenvalue weighted by atomic mass is 32.2. The Labute approximate surface area is 188 Å². The summed E-state index contributed by atoms with van der Waals surface area (Å²) in [5, 5.41) is 7.67. The zero-order valence-electron chi connectivity index (χ0n) is 16.8. The fourth-order valence-corrected chi connectivity index (χ4v) is 7.16. The van der Waals surface area contributed by atoms with Gasteiger partial charge in [-0.05, 0) is 48.6 Å². The van der Waals surface area contributed by atoms with Crippen LogP contribution >= 0.6 is 23.1 Å². The number of nitrogen functional groups attached to an aromatic ring is 2.